The number of nitrogens with one attached hydrogen (secondary N) is 1. The molecule has 2 amide bonds. The monoisotopic (exact) mass is 358 g/mol. The quantitative estimate of drug-likeness (QED) is 0.825. The minimum absolute atomic E-state index is 0.0754. The number of amides is 2. The van der Waals surface area contributed by atoms with Crippen molar-refractivity contribution in [3.8, 4) is 5.75 Å². The second-order valence-corrected chi connectivity index (χ2v) is 6.09. The summed E-state index contributed by atoms with van der Waals surface area (Å²) in [5.74, 6) is -0.0983. The molecule has 2 aromatic rings. The SMILES string of the molecule is CC(=O)N(CCNC(=O)c1ccc(F)cc1)c1ccc(OC(C)C)cc1. The summed E-state index contributed by atoms with van der Waals surface area (Å²) in [5.41, 5.74) is 1.10. The molecule has 26 heavy (non-hydrogen) atoms. The van der Waals surface area contributed by atoms with Gasteiger partial charge in [-0.1, -0.05) is 0 Å². The molecule has 0 heterocycles. The molecule has 0 spiro atoms. The van der Waals surface area contributed by atoms with Gasteiger partial charge >= 0.3 is 0 Å². The number of ether oxygens (including phenoxy) is 1. The third kappa shape index (κ3) is 5.58. The van der Waals surface area contributed by atoms with E-state index in [0.717, 1.165) is 11.4 Å². The lowest BCUT2D eigenvalue weighted by molar-refractivity contribution is -0.116. The molecule has 0 aliphatic heterocycles. The standard InChI is InChI=1S/C20H23FN2O3/c1-14(2)26-19-10-8-18(9-11-19)23(15(3)24)13-12-22-20(25)16-4-6-17(21)7-5-16/h4-11,14H,12-13H2,1-3H3,(H,22,25). The van der Waals surface area contributed by atoms with Crippen LogP contribution >= 0.6 is 0 Å². The molecule has 1 N–H and O–H groups in total. The van der Waals surface area contributed by atoms with Crippen LogP contribution in [0.4, 0.5) is 10.1 Å². The second kappa shape index (κ2) is 8.99. The predicted octanol–water partition coefficient (Wildman–Crippen LogP) is 3.40. The Balaban J connectivity index is 1.94. The van der Waals surface area contributed by atoms with Crippen molar-refractivity contribution < 1.29 is 18.7 Å². The fraction of sp³-hybridized carbons (Fsp3) is 0.300. The first-order valence-corrected chi connectivity index (χ1v) is 8.45. The van der Waals surface area contributed by atoms with Crippen LogP contribution in [0.3, 0.4) is 0 Å². The van der Waals surface area contributed by atoms with Crippen molar-refractivity contribution in [3.63, 3.8) is 0 Å². The molecule has 6 heteroatoms. The molecule has 0 radical (unpaired) electrons. The zero-order valence-corrected chi connectivity index (χ0v) is 15.2. The summed E-state index contributed by atoms with van der Waals surface area (Å²) in [7, 11) is 0. The van der Waals surface area contributed by atoms with E-state index in [9.17, 15) is 14.0 Å². The minimum atomic E-state index is -0.394. The Bertz CT molecular complexity index is 743. The maximum absolute atomic E-state index is 12.9. The van der Waals surface area contributed by atoms with Crippen molar-refractivity contribution in [1.82, 2.24) is 5.32 Å². The van der Waals surface area contributed by atoms with Crippen LogP contribution in [0.25, 0.3) is 0 Å². The van der Waals surface area contributed by atoms with Crippen molar-refractivity contribution in [1.29, 1.82) is 0 Å². The van der Waals surface area contributed by atoms with Gasteiger partial charge in [0.2, 0.25) is 5.91 Å². The molecular formula is C20H23FN2O3. The maximum atomic E-state index is 12.9. The molecule has 0 bridgehead atoms. The number of benzene rings is 2. The first-order valence-electron chi connectivity index (χ1n) is 8.45. The van der Waals surface area contributed by atoms with Gasteiger partial charge in [0.15, 0.2) is 0 Å². The van der Waals surface area contributed by atoms with E-state index < -0.39 is 5.82 Å². The second-order valence-electron chi connectivity index (χ2n) is 6.09. The van der Waals surface area contributed by atoms with E-state index in [4.69, 9.17) is 4.74 Å². The summed E-state index contributed by atoms with van der Waals surface area (Å²) < 4.78 is 18.5. The lowest BCUT2D eigenvalue weighted by Gasteiger charge is -2.22. The van der Waals surface area contributed by atoms with E-state index in [1.54, 1.807) is 17.0 Å². The number of hydrogen-bond acceptors (Lipinski definition) is 3. The predicted molar refractivity (Wildman–Crippen MR) is 99.0 cm³/mol. The van der Waals surface area contributed by atoms with Gasteiger partial charge in [-0.15, -0.1) is 0 Å². The van der Waals surface area contributed by atoms with Crippen molar-refractivity contribution in [2.24, 2.45) is 0 Å². The van der Waals surface area contributed by atoms with Crippen molar-refractivity contribution in [2.45, 2.75) is 26.9 Å². The summed E-state index contributed by atoms with van der Waals surface area (Å²) in [6, 6.07) is 12.5. The minimum Gasteiger partial charge on any atom is -0.491 e. The van der Waals surface area contributed by atoms with Crippen LogP contribution in [-0.2, 0) is 4.79 Å². The van der Waals surface area contributed by atoms with E-state index >= 15 is 0 Å². The molecular weight excluding hydrogens is 335 g/mol. The van der Waals surface area contributed by atoms with Crippen LogP contribution in [0.1, 0.15) is 31.1 Å². The van der Waals surface area contributed by atoms with E-state index in [0.29, 0.717) is 12.1 Å². The van der Waals surface area contributed by atoms with Crippen molar-refractivity contribution in [3.05, 3.63) is 59.9 Å². The van der Waals surface area contributed by atoms with Crippen LogP contribution in [0, 0.1) is 5.82 Å². The Kier molecular flexibility index (Phi) is 6.72. The number of halogens is 1. The highest BCUT2D eigenvalue weighted by Crippen LogP contribution is 2.20. The van der Waals surface area contributed by atoms with E-state index in [1.165, 1.54) is 31.2 Å². The van der Waals surface area contributed by atoms with Gasteiger partial charge in [-0.3, -0.25) is 9.59 Å². The number of hydrogen-bond donors (Lipinski definition) is 1. The Labute approximate surface area is 152 Å². The number of rotatable bonds is 7. The van der Waals surface area contributed by atoms with E-state index in [-0.39, 0.29) is 24.5 Å². The van der Waals surface area contributed by atoms with Crippen LogP contribution in [0.2, 0.25) is 0 Å². The molecule has 0 fully saturated rings. The van der Waals surface area contributed by atoms with Gasteiger partial charge in [0.1, 0.15) is 11.6 Å². The third-order valence-electron chi connectivity index (χ3n) is 3.63. The van der Waals surface area contributed by atoms with E-state index in [2.05, 4.69) is 5.32 Å². The van der Waals surface area contributed by atoms with E-state index in [1.807, 2.05) is 26.0 Å². The topological polar surface area (TPSA) is 58.6 Å². The highest BCUT2D eigenvalue weighted by atomic mass is 19.1. The molecule has 5 nitrogen and oxygen atoms in total. The van der Waals surface area contributed by atoms with Crippen molar-refractivity contribution in [2.75, 3.05) is 18.0 Å². The molecule has 0 aromatic heterocycles. The maximum Gasteiger partial charge on any atom is 0.251 e. The first-order chi connectivity index (χ1) is 12.4. The van der Waals surface area contributed by atoms with Crippen LogP contribution < -0.4 is 15.0 Å². The lowest BCUT2D eigenvalue weighted by atomic mass is 10.2. The summed E-state index contributed by atoms with van der Waals surface area (Å²) in [6.45, 7) is 5.96. The van der Waals surface area contributed by atoms with Gasteiger partial charge in [0, 0.05) is 31.3 Å². The van der Waals surface area contributed by atoms with Crippen LogP contribution in [-0.4, -0.2) is 31.0 Å². The molecule has 0 saturated heterocycles. The highest BCUT2D eigenvalue weighted by molar-refractivity contribution is 5.94. The summed E-state index contributed by atoms with van der Waals surface area (Å²) in [6.07, 6.45) is 0.0754. The average Bonchev–Trinajstić information content (AvgIpc) is 2.59. The Morgan fingerprint density at radius 1 is 1.08 bits per heavy atom. The van der Waals surface area contributed by atoms with Gasteiger partial charge < -0.3 is 15.0 Å². The fourth-order valence-electron chi connectivity index (χ4n) is 2.43. The Hall–Kier alpha value is -2.89. The highest BCUT2D eigenvalue weighted by Gasteiger charge is 2.13. The summed E-state index contributed by atoms with van der Waals surface area (Å²) in [5, 5.41) is 2.73. The zero-order chi connectivity index (χ0) is 19.1. The molecule has 0 atom stereocenters. The number of carbonyl (C=O) groups is 2. The molecule has 0 aliphatic rings. The van der Waals surface area contributed by atoms with Crippen LogP contribution in [0.15, 0.2) is 48.5 Å². The Morgan fingerprint density at radius 3 is 2.23 bits per heavy atom. The summed E-state index contributed by atoms with van der Waals surface area (Å²) >= 11 is 0. The molecule has 0 aliphatic carbocycles. The summed E-state index contributed by atoms with van der Waals surface area (Å²) in [4.78, 5) is 25.5. The molecule has 2 aromatic carbocycles. The molecule has 0 unspecified atom stereocenters. The smallest absolute Gasteiger partial charge is 0.251 e. The number of nitrogens with zero attached hydrogens (tertiary/aromatic N) is 1. The lowest BCUT2D eigenvalue weighted by Crippen LogP contribution is -2.37. The van der Waals surface area contributed by atoms with Gasteiger partial charge in [-0.25, -0.2) is 4.39 Å². The van der Waals surface area contributed by atoms with Gasteiger partial charge in [0.25, 0.3) is 5.91 Å². The Morgan fingerprint density at radius 2 is 1.69 bits per heavy atom. The number of anilines is 1. The van der Waals surface area contributed by atoms with Crippen molar-refractivity contribution >= 4 is 17.5 Å². The molecule has 0 saturated carbocycles. The van der Waals surface area contributed by atoms with Crippen LogP contribution in [0.5, 0.6) is 5.75 Å². The van der Waals surface area contributed by atoms with Gasteiger partial charge in [0.05, 0.1) is 6.10 Å². The normalized spacial score (nSPS) is 10.5. The van der Waals surface area contributed by atoms with Gasteiger partial charge in [-0.05, 0) is 62.4 Å². The third-order valence-corrected chi connectivity index (χ3v) is 3.63. The average molecular weight is 358 g/mol. The van der Waals surface area contributed by atoms with Gasteiger partial charge in [-0.2, -0.15) is 0 Å². The zero-order valence-electron chi connectivity index (χ0n) is 15.2. The first kappa shape index (κ1) is 19.4. The fourth-order valence-corrected chi connectivity index (χ4v) is 2.43. The number of carbonyl (C=O) groups excluding carboxylic acids is 2. The molecule has 138 valence electrons. The molecule has 2 rings (SSSR count). The largest absolute Gasteiger partial charge is 0.491 e.